The van der Waals surface area contributed by atoms with Crippen LogP contribution in [0.5, 0.6) is 0 Å². The fraction of sp³-hybridized carbons (Fsp3) is 0.316. The highest BCUT2D eigenvalue weighted by Gasteiger charge is 2.63. The van der Waals surface area contributed by atoms with Gasteiger partial charge in [-0.3, -0.25) is 0 Å². The summed E-state index contributed by atoms with van der Waals surface area (Å²) in [5.41, 5.74) is -0.849. The fourth-order valence-corrected chi connectivity index (χ4v) is 4.70. The molecule has 0 aliphatic carbocycles. The Labute approximate surface area is 177 Å². The van der Waals surface area contributed by atoms with Gasteiger partial charge in [-0.15, -0.1) is 5.10 Å². The van der Waals surface area contributed by atoms with Crippen molar-refractivity contribution in [2.24, 2.45) is 0 Å². The largest absolute Gasteiger partial charge is 0.342 e. The van der Waals surface area contributed by atoms with Gasteiger partial charge in [-0.2, -0.15) is 30.1 Å². The molecule has 3 aromatic rings. The number of halogens is 7. The average Bonchev–Trinajstić information content (AvgIpc) is 3.17. The predicted molar refractivity (Wildman–Crippen MR) is 100 cm³/mol. The van der Waals surface area contributed by atoms with Crippen LogP contribution in [0.15, 0.2) is 47.4 Å². The van der Waals surface area contributed by atoms with Crippen molar-refractivity contribution in [3.63, 3.8) is 0 Å². The molecule has 0 unspecified atom stereocenters. The van der Waals surface area contributed by atoms with E-state index in [0.29, 0.717) is 15.9 Å². The van der Waals surface area contributed by atoms with Crippen LogP contribution in [0.3, 0.4) is 0 Å². The second-order valence-corrected chi connectivity index (χ2v) is 9.25. The summed E-state index contributed by atoms with van der Waals surface area (Å²) in [6.07, 6.45) is 0. The normalized spacial score (nSPS) is 18.4. The van der Waals surface area contributed by atoms with E-state index in [-0.39, 0.29) is 5.52 Å². The highest BCUT2D eigenvalue weighted by molar-refractivity contribution is 7.90. The van der Waals surface area contributed by atoms with Crippen molar-refractivity contribution in [1.29, 1.82) is 0 Å². The van der Waals surface area contributed by atoms with E-state index in [1.54, 1.807) is 0 Å². The van der Waals surface area contributed by atoms with Crippen LogP contribution in [-0.2, 0) is 15.9 Å². The Morgan fingerprint density at radius 1 is 0.969 bits per heavy atom. The standard InChI is InChI=1S/C19H14F7N3O2S/c1-17(21,22)11-5-7-12(8-6-11)32(30,31)29-14-4-2-3-13(20)15(14)16(27-29)28-9-18(23,24)19(25,26)10-28/h2-8H,9-10H2,1H3. The molecule has 0 amide bonds. The maximum atomic E-state index is 14.5. The Morgan fingerprint density at radius 2 is 1.53 bits per heavy atom. The number of alkyl halides is 6. The zero-order valence-corrected chi connectivity index (χ0v) is 17.0. The Kier molecular flexibility index (Phi) is 4.78. The van der Waals surface area contributed by atoms with Gasteiger partial charge < -0.3 is 4.90 Å². The molecule has 0 saturated carbocycles. The quantitative estimate of drug-likeness (QED) is 0.511. The summed E-state index contributed by atoms with van der Waals surface area (Å²) in [7, 11) is -4.62. The summed E-state index contributed by atoms with van der Waals surface area (Å²) in [5.74, 6) is -13.9. The topological polar surface area (TPSA) is 55.2 Å². The Balaban J connectivity index is 1.87. The number of hydrogen-bond donors (Lipinski definition) is 0. The van der Waals surface area contributed by atoms with Crippen LogP contribution in [0, 0.1) is 5.82 Å². The molecule has 0 radical (unpaired) electrons. The van der Waals surface area contributed by atoms with Crippen molar-refractivity contribution in [1.82, 2.24) is 9.19 Å². The van der Waals surface area contributed by atoms with Gasteiger partial charge in [-0.05, 0) is 24.3 Å². The van der Waals surface area contributed by atoms with Gasteiger partial charge in [0.1, 0.15) is 5.82 Å². The van der Waals surface area contributed by atoms with E-state index in [1.165, 1.54) is 0 Å². The van der Waals surface area contributed by atoms with E-state index < -0.39 is 68.4 Å². The van der Waals surface area contributed by atoms with E-state index in [9.17, 15) is 39.2 Å². The van der Waals surface area contributed by atoms with Crippen molar-refractivity contribution in [3.05, 3.63) is 53.8 Å². The zero-order valence-electron chi connectivity index (χ0n) is 16.2. The van der Waals surface area contributed by atoms with E-state index in [1.807, 2.05) is 0 Å². The molecule has 4 rings (SSSR count). The number of benzene rings is 2. The second kappa shape index (κ2) is 6.83. The average molecular weight is 481 g/mol. The molecule has 1 aliphatic heterocycles. The summed E-state index contributed by atoms with van der Waals surface area (Å²) in [4.78, 5) is -0.0826. The van der Waals surface area contributed by atoms with Crippen LogP contribution < -0.4 is 4.90 Å². The van der Waals surface area contributed by atoms with Gasteiger partial charge in [-0.25, -0.2) is 13.2 Å². The molecule has 1 aliphatic rings. The third-order valence-corrected chi connectivity index (χ3v) is 6.71. The van der Waals surface area contributed by atoms with Crippen LogP contribution in [0.2, 0.25) is 0 Å². The third kappa shape index (κ3) is 3.38. The number of hydrogen-bond acceptors (Lipinski definition) is 4. The van der Waals surface area contributed by atoms with Crippen LogP contribution in [0.1, 0.15) is 12.5 Å². The molecule has 13 heteroatoms. The molecule has 2 heterocycles. The smallest absolute Gasteiger partial charge is 0.329 e. The molecule has 0 bridgehead atoms. The minimum atomic E-state index is -4.62. The molecule has 172 valence electrons. The number of anilines is 1. The third-order valence-electron chi connectivity index (χ3n) is 5.11. The Bertz CT molecular complexity index is 1280. The van der Waals surface area contributed by atoms with Crippen molar-refractivity contribution in [2.45, 2.75) is 29.6 Å². The molecular formula is C19H14F7N3O2S. The molecule has 1 saturated heterocycles. The van der Waals surface area contributed by atoms with Gasteiger partial charge in [-0.1, -0.05) is 18.2 Å². The number of nitrogens with zero attached hydrogens (tertiary/aromatic N) is 3. The molecule has 0 spiro atoms. The minimum Gasteiger partial charge on any atom is -0.342 e. The summed E-state index contributed by atoms with van der Waals surface area (Å²) in [5, 5.41) is 3.14. The van der Waals surface area contributed by atoms with Gasteiger partial charge in [0.25, 0.3) is 15.9 Å². The van der Waals surface area contributed by atoms with Crippen LogP contribution in [0.4, 0.5) is 36.6 Å². The fourth-order valence-electron chi connectivity index (χ4n) is 3.42. The number of fused-ring (bicyclic) bond motifs is 1. The van der Waals surface area contributed by atoms with Crippen molar-refractivity contribution in [3.8, 4) is 0 Å². The number of aromatic nitrogens is 2. The lowest BCUT2D eigenvalue weighted by Gasteiger charge is -2.14. The van der Waals surface area contributed by atoms with Crippen molar-refractivity contribution < 1.29 is 39.2 Å². The van der Waals surface area contributed by atoms with E-state index in [2.05, 4.69) is 5.10 Å². The van der Waals surface area contributed by atoms with Crippen LogP contribution >= 0.6 is 0 Å². The minimum absolute atomic E-state index is 0.314. The Hall–Kier alpha value is -2.83. The summed E-state index contributed by atoms with van der Waals surface area (Å²) in [6, 6.07) is 6.66. The van der Waals surface area contributed by atoms with Gasteiger partial charge in [0.05, 0.1) is 28.9 Å². The summed E-state index contributed by atoms with van der Waals surface area (Å²) in [6.45, 7) is -2.38. The molecule has 1 aromatic heterocycles. The second-order valence-electron chi connectivity index (χ2n) is 7.48. The first-order valence-electron chi connectivity index (χ1n) is 9.07. The van der Waals surface area contributed by atoms with Gasteiger partial charge in [0.2, 0.25) is 0 Å². The lowest BCUT2D eigenvalue weighted by molar-refractivity contribution is -0.172. The molecule has 0 N–H and O–H groups in total. The molecular weight excluding hydrogens is 467 g/mol. The molecule has 32 heavy (non-hydrogen) atoms. The lowest BCUT2D eigenvalue weighted by atomic mass is 10.1. The first-order chi connectivity index (χ1) is 14.6. The molecule has 1 fully saturated rings. The van der Waals surface area contributed by atoms with Gasteiger partial charge >= 0.3 is 11.8 Å². The molecule has 2 aromatic carbocycles. The maximum Gasteiger partial charge on any atom is 0.329 e. The van der Waals surface area contributed by atoms with Crippen molar-refractivity contribution in [2.75, 3.05) is 18.0 Å². The number of rotatable bonds is 4. The maximum absolute atomic E-state index is 14.5. The first-order valence-corrected chi connectivity index (χ1v) is 10.5. The monoisotopic (exact) mass is 481 g/mol. The van der Waals surface area contributed by atoms with Gasteiger partial charge in [0, 0.05) is 12.5 Å². The highest BCUT2D eigenvalue weighted by Crippen LogP contribution is 2.44. The zero-order chi connectivity index (χ0) is 23.7. The van der Waals surface area contributed by atoms with E-state index >= 15 is 0 Å². The summed E-state index contributed by atoms with van der Waals surface area (Å²) >= 11 is 0. The summed E-state index contributed by atoms with van der Waals surface area (Å²) < 4.78 is 123. The first kappa shape index (κ1) is 22.4. The van der Waals surface area contributed by atoms with E-state index in [0.717, 1.165) is 42.5 Å². The highest BCUT2D eigenvalue weighted by atomic mass is 32.2. The van der Waals surface area contributed by atoms with Crippen molar-refractivity contribution >= 4 is 26.7 Å². The SMILES string of the molecule is CC(F)(F)c1ccc(S(=O)(=O)n2nc(N3CC(F)(F)C(F)(F)C3)c3c(F)cccc32)cc1. The predicted octanol–water partition coefficient (Wildman–Crippen LogP) is 4.61. The van der Waals surface area contributed by atoms with Crippen LogP contribution in [-0.4, -0.2) is 42.5 Å². The molecule has 0 atom stereocenters. The molecule has 5 nitrogen and oxygen atoms in total. The Morgan fingerprint density at radius 3 is 2.06 bits per heavy atom. The van der Waals surface area contributed by atoms with Crippen LogP contribution in [0.25, 0.3) is 10.9 Å². The lowest BCUT2D eigenvalue weighted by Crippen LogP contribution is -2.38. The van der Waals surface area contributed by atoms with E-state index in [4.69, 9.17) is 0 Å². The van der Waals surface area contributed by atoms with Gasteiger partial charge in [0.15, 0.2) is 5.82 Å².